The van der Waals surface area contributed by atoms with E-state index in [1.165, 1.54) is 18.2 Å². The lowest BCUT2D eigenvalue weighted by atomic mass is 10.1. The van der Waals surface area contributed by atoms with E-state index in [0.717, 1.165) is 6.07 Å². The molecule has 0 fully saturated rings. The number of nitrogens with one attached hydrogen (secondary N) is 1. The predicted molar refractivity (Wildman–Crippen MR) is 76.9 cm³/mol. The van der Waals surface area contributed by atoms with Crippen LogP contribution >= 0.6 is 23.8 Å². The van der Waals surface area contributed by atoms with Gasteiger partial charge in [-0.05, 0) is 18.2 Å². The molecular weight excluding hydrogens is 309 g/mol. The minimum atomic E-state index is -0.909. The van der Waals surface area contributed by atoms with E-state index >= 15 is 0 Å². The van der Waals surface area contributed by atoms with Crippen molar-refractivity contribution in [2.75, 3.05) is 5.32 Å². The highest BCUT2D eigenvalue weighted by atomic mass is 35.5. The van der Waals surface area contributed by atoms with Gasteiger partial charge in [-0.25, -0.2) is 13.2 Å². The molecule has 0 amide bonds. The molecule has 0 radical (unpaired) electrons. The van der Waals surface area contributed by atoms with Gasteiger partial charge in [0.2, 0.25) is 0 Å². The van der Waals surface area contributed by atoms with E-state index in [1.807, 2.05) is 0 Å². The molecule has 20 heavy (non-hydrogen) atoms. The predicted octanol–water partition coefficient (Wildman–Crippen LogP) is 4.14. The fourth-order valence-electron chi connectivity index (χ4n) is 1.68. The number of hydrogen-bond donors (Lipinski definition) is 2. The van der Waals surface area contributed by atoms with Crippen molar-refractivity contribution < 1.29 is 13.2 Å². The average molecular weight is 317 g/mol. The lowest BCUT2D eigenvalue weighted by molar-refractivity contribution is 0.586. The number of hydrogen-bond acceptors (Lipinski definition) is 2. The summed E-state index contributed by atoms with van der Waals surface area (Å²) in [4.78, 5) is -0.191. The topological polar surface area (TPSA) is 38.0 Å². The smallest absolute Gasteiger partial charge is 0.151 e. The molecule has 2 rings (SSSR count). The summed E-state index contributed by atoms with van der Waals surface area (Å²) in [5.74, 6) is -2.37. The van der Waals surface area contributed by atoms with Gasteiger partial charge in [-0.1, -0.05) is 29.9 Å². The van der Waals surface area contributed by atoms with Gasteiger partial charge in [-0.3, -0.25) is 0 Å². The van der Waals surface area contributed by atoms with E-state index in [2.05, 4.69) is 5.32 Å². The molecule has 0 spiro atoms. The highest BCUT2D eigenvalue weighted by Gasteiger charge is 2.15. The zero-order chi connectivity index (χ0) is 14.9. The van der Waals surface area contributed by atoms with Gasteiger partial charge >= 0.3 is 0 Å². The lowest BCUT2D eigenvalue weighted by Crippen LogP contribution is -2.14. The molecule has 2 nitrogen and oxygen atoms in total. The molecule has 0 saturated carbocycles. The largest absolute Gasteiger partial charge is 0.389 e. The fourth-order valence-corrected chi connectivity index (χ4v) is 2.12. The third-order valence-corrected chi connectivity index (χ3v) is 3.03. The molecule has 0 heterocycles. The second-order valence-electron chi connectivity index (χ2n) is 3.90. The molecule has 0 unspecified atom stereocenters. The summed E-state index contributed by atoms with van der Waals surface area (Å²) in [5, 5.41) is 2.40. The second-order valence-corrected chi connectivity index (χ2v) is 4.74. The first-order chi connectivity index (χ1) is 9.40. The van der Waals surface area contributed by atoms with Crippen LogP contribution < -0.4 is 11.1 Å². The summed E-state index contributed by atoms with van der Waals surface area (Å²) in [6.07, 6.45) is 0. The van der Waals surface area contributed by atoms with Crippen LogP contribution in [0.3, 0.4) is 0 Å². The van der Waals surface area contributed by atoms with Crippen molar-refractivity contribution in [3.63, 3.8) is 0 Å². The minimum absolute atomic E-state index is 0.0673. The summed E-state index contributed by atoms with van der Waals surface area (Å²) in [5.41, 5.74) is 5.33. The Kier molecular flexibility index (Phi) is 4.15. The quantitative estimate of drug-likeness (QED) is 0.836. The summed E-state index contributed by atoms with van der Waals surface area (Å²) in [6.45, 7) is 0. The Morgan fingerprint density at radius 3 is 2.45 bits per heavy atom. The Balaban J connectivity index is 2.51. The van der Waals surface area contributed by atoms with Crippen molar-refractivity contribution in [3.05, 3.63) is 58.4 Å². The van der Waals surface area contributed by atoms with Crippen LogP contribution in [0.15, 0.2) is 30.3 Å². The number of thiocarbonyl (C=S) groups is 1. The molecule has 0 aliphatic carbocycles. The van der Waals surface area contributed by atoms with Crippen molar-refractivity contribution >= 4 is 40.2 Å². The van der Waals surface area contributed by atoms with E-state index < -0.39 is 17.5 Å². The van der Waals surface area contributed by atoms with Crippen LogP contribution in [-0.4, -0.2) is 4.99 Å². The van der Waals surface area contributed by atoms with E-state index in [9.17, 15) is 13.2 Å². The standard InChI is InChI=1S/C13H8ClF3N2S/c14-7-4-6(15)5-9(17)12(7)19-10-3-1-2-8(16)11(10)13(18)20/h1-5,19H,(H2,18,20). The molecule has 104 valence electrons. The molecule has 2 aromatic rings. The van der Waals surface area contributed by atoms with Crippen LogP contribution in [0.2, 0.25) is 5.02 Å². The first-order valence-corrected chi connectivity index (χ1v) is 6.18. The number of rotatable bonds is 3. The summed E-state index contributed by atoms with van der Waals surface area (Å²) in [7, 11) is 0. The van der Waals surface area contributed by atoms with Crippen LogP contribution in [-0.2, 0) is 0 Å². The highest BCUT2D eigenvalue weighted by Crippen LogP contribution is 2.31. The zero-order valence-electron chi connectivity index (χ0n) is 9.88. The van der Waals surface area contributed by atoms with Gasteiger partial charge in [0, 0.05) is 6.07 Å². The first-order valence-electron chi connectivity index (χ1n) is 5.40. The van der Waals surface area contributed by atoms with E-state index in [1.54, 1.807) is 0 Å². The Labute approximate surface area is 123 Å². The Morgan fingerprint density at radius 2 is 1.85 bits per heavy atom. The van der Waals surface area contributed by atoms with E-state index in [4.69, 9.17) is 29.6 Å². The maximum absolute atomic E-state index is 13.7. The van der Waals surface area contributed by atoms with Crippen LogP contribution in [0.1, 0.15) is 5.56 Å². The molecular formula is C13H8ClF3N2S. The minimum Gasteiger partial charge on any atom is -0.389 e. The van der Waals surface area contributed by atoms with E-state index in [0.29, 0.717) is 6.07 Å². The van der Waals surface area contributed by atoms with Gasteiger partial charge in [0.05, 0.1) is 22.0 Å². The number of benzene rings is 2. The molecule has 0 aliphatic heterocycles. The molecule has 2 aromatic carbocycles. The van der Waals surface area contributed by atoms with Gasteiger partial charge in [0.1, 0.15) is 16.6 Å². The van der Waals surface area contributed by atoms with Crippen molar-refractivity contribution in [1.82, 2.24) is 0 Å². The van der Waals surface area contributed by atoms with Gasteiger partial charge < -0.3 is 11.1 Å². The molecule has 0 aliphatic rings. The second kappa shape index (κ2) is 5.68. The van der Waals surface area contributed by atoms with Gasteiger partial charge in [0.25, 0.3) is 0 Å². The average Bonchev–Trinajstić information content (AvgIpc) is 2.33. The van der Waals surface area contributed by atoms with Crippen molar-refractivity contribution in [1.29, 1.82) is 0 Å². The number of anilines is 2. The van der Waals surface area contributed by atoms with Crippen LogP contribution in [0, 0.1) is 17.5 Å². The molecule has 0 atom stereocenters. The van der Waals surface area contributed by atoms with Gasteiger partial charge in [-0.15, -0.1) is 0 Å². The van der Waals surface area contributed by atoms with Crippen molar-refractivity contribution in [2.45, 2.75) is 0 Å². The molecule has 0 aromatic heterocycles. The highest BCUT2D eigenvalue weighted by molar-refractivity contribution is 7.80. The summed E-state index contributed by atoms with van der Waals surface area (Å²) < 4.78 is 40.3. The maximum atomic E-state index is 13.7. The molecule has 0 bridgehead atoms. The third kappa shape index (κ3) is 2.86. The number of nitrogens with two attached hydrogens (primary N) is 1. The summed E-state index contributed by atoms with van der Waals surface area (Å²) >= 11 is 10.5. The summed E-state index contributed by atoms with van der Waals surface area (Å²) in [6, 6.07) is 5.62. The van der Waals surface area contributed by atoms with Crippen molar-refractivity contribution in [3.8, 4) is 0 Å². The third-order valence-electron chi connectivity index (χ3n) is 2.53. The Morgan fingerprint density at radius 1 is 1.15 bits per heavy atom. The first kappa shape index (κ1) is 14.6. The Bertz CT molecular complexity index is 668. The zero-order valence-corrected chi connectivity index (χ0v) is 11.5. The normalized spacial score (nSPS) is 10.4. The van der Waals surface area contributed by atoms with Crippen LogP contribution in [0.25, 0.3) is 0 Å². The van der Waals surface area contributed by atoms with E-state index in [-0.39, 0.29) is 26.9 Å². The Hall–Kier alpha value is -1.79. The monoisotopic (exact) mass is 316 g/mol. The maximum Gasteiger partial charge on any atom is 0.151 e. The van der Waals surface area contributed by atoms with Gasteiger partial charge in [0.15, 0.2) is 5.82 Å². The number of halogens is 4. The fraction of sp³-hybridized carbons (Fsp3) is 0. The van der Waals surface area contributed by atoms with Crippen LogP contribution in [0.4, 0.5) is 24.5 Å². The van der Waals surface area contributed by atoms with Gasteiger partial charge in [-0.2, -0.15) is 0 Å². The SMILES string of the molecule is NC(=S)c1c(F)cccc1Nc1c(F)cc(F)cc1Cl. The molecule has 0 saturated heterocycles. The van der Waals surface area contributed by atoms with Crippen molar-refractivity contribution in [2.24, 2.45) is 5.73 Å². The van der Waals surface area contributed by atoms with Crippen LogP contribution in [0.5, 0.6) is 0 Å². The lowest BCUT2D eigenvalue weighted by Gasteiger charge is -2.13. The molecule has 3 N–H and O–H groups in total. The molecule has 7 heteroatoms.